The number of nitrogens with one attached hydrogen (secondary N) is 1. The molecule has 0 bridgehead atoms. The number of anilines is 2. The SMILES string of the molecule is COc1ccccc1Nc1nnc(SC(C)c2ccccc2)s1. The fourth-order valence-corrected chi connectivity index (χ4v) is 4.15. The van der Waals surface area contributed by atoms with Gasteiger partial charge >= 0.3 is 0 Å². The fourth-order valence-electron chi connectivity index (χ4n) is 2.11. The lowest BCUT2D eigenvalue weighted by Gasteiger charge is -2.08. The molecule has 0 fully saturated rings. The minimum atomic E-state index is 0.336. The van der Waals surface area contributed by atoms with Crippen LogP contribution < -0.4 is 10.1 Å². The summed E-state index contributed by atoms with van der Waals surface area (Å²) in [7, 11) is 1.66. The summed E-state index contributed by atoms with van der Waals surface area (Å²) in [4.78, 5) is 0. The van der Waals surface area contributed by atoms with E-state index >= 15 is 0 Å². The lowest BCUT2D eigenvalue weighted by Crippen LogP contribution is -1.93. The normalized spacial score (nSPS) is 11.9. The van der Waals surface area contributed by atoms with Crippen LogP contribution in [-0.2, 0) is 0 Å². The molecule has 1 heterocycles. The second-order valence-electron chi connectivity index (χ2n) is 4.87. The number of methoxy groups -OCH3 is 1. The van der Waals surface area contributed by atoms with Crippen molar-refractivity contribution in [1.29, 1.82) is 0 Å². The zero-order chi connectivity index (χ0) is 16.1. The Morgan fingerprint density at radius 3 is 2.57 bits per heavy atom. The van der Waals surface area contributed by atoms with Gasteiger partial charge in [-0.05, 0) is 24.6 Å². The molecule has 6 heteroatoms. The molecule has 1 atom stereocenters. The minimum absolute atomic E-state index is 0.336. The number of hydrogen-bond donors (Lipinski definition) is 1. The Labute approximate surface area is 143 Å². The lowest BCUT2D eigenvalue weighted by molar-refractivity contribution is 0.417. The standard InChI is InChI=1S/C17H17N3OS2/c1-12(13-8-4-3-5-9-13)22-17-20-19-16(23-17)18-14-10-6-7-11-15(14)21-2/h3-12H,1-2H3,(H,18,19). The van der Waals surface area contributed by atoms with E-state index in [9.17, 15) is 0 Å². The summed E-state index contributed by atoms with van der Waals surface area (Å²) in [6.45, 7) is 2.18. The molecule has 0 aliphatic rings. The Kier molecular flexibility index (Phi) is 5.15. The molecule has 0 radical (unpaired) electrons. The molecule has 0 aliphatic carbocycles. The lowest BCUT2D eigenvalue weighted by atomic mass is 10.2. The molecule has 0 amide bonds. The summed E-state index contributed by atoms with van der Waals surface area (Å²) >= 11 is 3.26. The molecular weight excluding hydrogens is 326 g/mol. The zero-order valence-electron chi connectivity index (χ0n) is 12.9. The van der Waals surface area contributed by atoms with Crippen LogP contribution in [0, 0.1) is 0 Å². The van der Waals surface area contributed by atoms with E-state index in [4.69, 9.17) is 4.74 Å². The summed E-state index contributed by atoms with van der Waals surface area (Å²) in [5.41, 5.74) is 2.17. The number of ether oxygens (including phenoxy) is 1. The third-order valence-corrected chi connectivity index (χ3v) is 5.38. The molecule has 3 rings (SSSR count). The molecule has 3 aromatic rings. The van der Waals surface area contributed by atoms with Crippen LogP contribution in [0.15, 0.2) is 58.9 Å². The minimum Gasteiger partial charge on any atom is -0.495 e. The van der Waals surface area contributed by atoms with Crippen molar-refractivity contribution in [2.75, 3.05) is 12.4 Å². The van der Waals surface area contributed by atoms with E-state index < -0.39 is 0 Å². The molecule has 0 aliphatic heterocycles. The number of para-hydroxylation sites is 2. The first-order chi connectivity index (χ1) is 11.3. The molecule has 1 N–H and O–H groups in total. The molecule has 118 valence electrons. The highest BCUT2D eigenvalue weighted by Crippen LogP contribution is 2.38. The van der Waals surface area contributed by atoms with Crippen LogP contribution in [0.1, 0.15) is 17.7 Å². The highest BCUT2D eigenvalue weighted by molar-refractivity contribution is 8.01. The van der Waals surface area contributed by atoms with Crippen molar-refractivity contribution < 1.29 is 4.74 Å². The van der Waals surface area contributed by atoms with E-state index in [1.807, 2.05) is 30.3 Å². The van der Waals surface area contributed by atoms with E-state index in [2.05, 4.69) is 46.7 Å². The average Bonchev–Trinajstić information content (AvgIpc) is 3.03. The monoisotopic (exact) mass is 343 g/mol. The van der Waals surface area contributed by atoms with E-state index in [-0.39, 0.29) is 0 Å². The molecule has 1 aromatic heterocycles. The predicted octanol–water partition coefficient (Wildman–Crippen LogP) is 5.14. The van der Waals surface area contributed by atoms with Gasteiger partial charge in [0.05, 0.1) is 12.8 Å². The molecule has 1 unspecified atom stereocenters. The Hall–Kier alpha value is -2.05. The average molecular weight is 343 g/mol. The van der Waals surface area contributed by atoms with Gasteiger partial charge < -0.3 is 10.1 Å². The van der Waals surface area contributed by atoms with E-state index in [0.29, 0.717) is 5.25 Å². The van der Waals surface area contributed by atoms with Crippen molar-refractivity contribution >= 4 is 33.9 Å². The summed E-state index contributed by atoms with van der Waals surface area (Å²) in [5, 5.41) is 12.8. The van der Waals surface area contributed by atoms with Gasteiger partial charge in [0.1, 0.15) is 5.75 Å². The van der Waals surface area contributed by atoms with Crippen molar-refractivity contribution in [2.45, 2.75) is 16.5 Å². The van der Waals surface area contributed by atoms with Crippen molar-refractivity contribution in [2.24, 2.45) is 0 Å². The molecule has 0 saturated carbocycles. The van der Waals surface area contributed by atoms with Crippen LogP contribution in [0.25, 0.3) is 0 Å². The number of aromatic nitrogens is 2. The van der Waals surface area contributed by atoms with Crippen LogP contribution in [0.5, 0.6) is 5.75 Å². The van der Waals surface area contributed by atoms with Crippen LogP contribution >= 0.6 is 23.1 Å². The Bertz CT molecular complexity index is 761. The zero-order valence-corrected chi connectivity index (χ0v) is 14.5. The molecule has 2 aromatic carbocycles. The second-order valence-corrected chi connectivity index (χ2v) is 7.43. The molecule has 0 spiro atoms. The molecule has 4 nitrogen and oxygen atoms in total. The molecule has 23 heavy (non-hydrogen) atoms. The maximum absolute atomic E-state index is 5.34. The maximum atomic E-state index is 5.34. The van der Waals surface area contributed by atoms with Gasteiger partial charge in [0.25, 0.3) is 0 Å². The number of rotatable bonds is 6. The van der Waals surface area contributed by atoms with Crippen LogP contribution in [0.4, 0.5) is 10.8 Å². The van der Waals surface area contributed by atoms with Gasteiger partial charge in [-0.2, -0.15) is 0 Å². The first-order valence-corrected chi connectivity index (χ1v) is 8.91. The highest BCUT2D eigenvalue weighted by Gasteiger charge is 2.12. The van der Waals surface area contributed by atoms with Crippen molar-refractivity contribution in [3.63, 3.8) is 0 Å². The summed E-state index contributed by atoms with van der Waals surface area (Å²) < 4.78 is 6.28. The number of nitrogens with zero attached hydrogens (tertiary/aromatic N) is 2. The van der Waals surface area contributed by atoms with Crippen LogP contribution in [0.2, 0.25) is 0 Å². The van der Waals surface area contributed by atoms with Gasteiger partial charge in [0.15, 0.2) is 4.34 Å². The van der Waals surface area contributed by atoms with Gasteiger partial charge in [-0.1, -0.05) is 65.6 Å². The third-order valence-electron chi connectivity index (χ3n) is 3.30. The van der Waals surface area contributed by atoms with Crippen LogP contribution in [-0.4, -0.2) is 17.3 Å². The fraction of sp³-hybridized carbons (Fsp3) is 0.176. The first kappa shape index (κ1) is 15.8. The Morgan fingerprint density at radius 1 is 1.04 bits per heavy atom. The molecule has 0 saturated heterocycles. The summed E-state index contributed by atoms with van der Waals surface area (Å²) in [6.07, 6.45) is 0. The molecular formula is C17H17N3OS2. The van der Waals surface area contributed by atoms with Crippen LogP contribution in [0.3, 0.4) is 0 Å². The van der Waals surface area contributed by atoms with Crippen molar-refractivity contribution in [1.82, 2.24) is 10.2 Å². The Balaban J connectivity index is 1.69. The van der Waals surface area contributed by atoms with Gasteiger partial charge in [-0.15, -0.1) is 10.2 Å². The number of hydrogen-bond acceptors (Lipinski definition) is 6. The topological polar surface area (TPSA) is 47.0 Å². The summed E-state index contributed by atoms with van der Waals surface area (Å²) in [5.74, 6) is 0.787. The highest BCUT2D eigenvalue weighted by atomic mass is 32.2. The van der Waals surface area contributed by atoms with E-state index in [0.717, 1.165) is 20.9 Å². The predicted molar refractivity (Wildman–Crippen MR) is 96.9 cm³/mol. The second kappa shape index (κ2) is 7.48. The number of benzene rings is 2. The third kappa shape index (κ3) is 4.03. The maximum Gasteiger partial charge on any atom is 0.210 e. The van der Waals surface area contributed by atoms with E-state index in [1.165, 1.54) is 5.56 Å². The van der Waals surface area contributed by atoms with Gasteiger partial charge in [-0.25, -0.2) is 0 Å². The summed E-state index contributed by atoms with van der Waals surface area (Å²) in [6, 6.07) is 18.2. The first-order valence-electron chi connectivity index (χ1n) is 7.21. The van der Waals surface area contributed by atoms with Crippen molar-refractivity contribution in [3.05, 3.63) is 60.2 Å². The number of thioether (sulfide) groups is 1. The van der Waals surface area contributed by atoms with Gasteiger partial charge in [0.2, 0.25) is 5.13 Å². The van der Waals surface area contributed by atoms with Crippen molar-refractivity contribution in [3.8, 4) is 5.75 Å². The quantitative estimate of drug-likeness (QED) is 0.628. The van der Waals surface area contributed by atoms with Gasteiger partial charge in [0, 0.05) is 5.25 Å². The smallest absolute Gasteiger partial charge is 0.210 e. The van der Waals surface area contributed by atoms with Gasteiger partial charge in [-0.3, -0.25) is 0 Å². The Morgan fingerprint density at radius 2 is 1.78 bits per heavy atom. The van der Waals surface area contributed by atoms with E-state index in [1.54, 1.807) is 30.2 Å². The largest absolute Gasteiger partial charge is 0.495 e.